The summed E-state index contributed by atoms with van der Waals surface area (Å²) < 4.78 is 11.7. The summed E-state index contributed by atoms with van der Waals surface area (Å²) >= 11 is 0. The van der Waals surface area contributed by atoms with Crippen molar-refractivity contribution in [1.82, 2.24) is 0 Å². The average molecular weight is 500 g/mol. The Balaban J connectivity index is 1.67. The highest BCUT2D eigenvalue weighted by atomic mass is 16.6. The minimum atomic E-state index is -1.35. The van der Waals surface area contributed by atoms with Crippen LogP contribution in [0.3, 0.4) is 0 Å². The number of carbonyl (C=O) groups is 2. The van der Waals surface area contributed by atoms with Crippen LogP contribution in [-0.4, -0.2) is 73.7 Å². The second-order valence-corrected chi connectivity index (χ2v) is 9.93. The molecule has 2 aliphatic carbocycles. The largest absolute Gasteiger partial charge is 0.507 e. The number of aliphatic hydroxyl groups is 2. The van der Waals surface area contributed by atoms with E-state index in [0.717, 1.165) is 0 Å². The summed E-state index contributed by atoms with van der Waals surface area (Å²) in [5, 5.41) is 54.5. The Morgan fingerprint density at radius 3 is 2.50 bits per heavy atom. The van der Waals surface area contributed by atoms with E-state index in [-0.39, 0.29) is 53.7 Å². The highest BCUT2D eigenvalue weighted by molar-refractivity contribution is 6.31. The molecule has 3 aliphatic rings. The zero-order chi connectivity index (χ0) is 26.1. The number of aromatic hydroxyl groups is 3. The molecule has 0 radical (unpaired) electrons. The molecule has 1 heterocycles. The predicted octanol–water partition coefficient (Wildman–Crippen LogP) is 1.20. The Labute approximate surface area is 206 Å². The van der Waals surface area contributed by atoms with Gasteiger partial charge in [0.05, 0.1) is 59.4 Å². The van der Waals surface area contributed by atoms with Crippen LogP contribution in [0.4, 0.5) is 0 Å². The fourth-order valence-electron chi connectivity index (χ4n) is 5.55. The lowest BCUT2D eigenvalue weighted by atomic mass is 9.72. The van der Waals surface area contributed by atoms with Crippen molar-refractivity contribution >= 4 is 11.6 Å². The Morgan fingerprint density at radius 2 is 1.81 bits per heavy atom. The molecule has 5 rings (SSSR count). The van der Waals surface area contributed by atoms with Gasteiger partial charge in [-0.2, -0.15) is 0 Å². The van der Waals surface area contributed by atoms with E-state index in [1.54, 1.807) is 13.8 Å². The van der Waals surface area contributed by atoms with Gasteiger partial charge < -0.3 is 40.7 Å². The second kappa shape index (κ2) is 8.53. The molecule has 10 nitrogen and oxygen atoms in total. The Bertz CT molecular complexity index is 1270. The molecular formula is C26H29NO9. The van der Waals surface area contributed by atoms with Crippen LogP contribution in [0.1, 0.15) is 75.8 Å². The van der Waals surface area contributed by atoms with Crippen molar-refractivity contribution in [3.05, 3.63) is 51.6 Å². The first kappa shape index (κ1) is 24.7. The molecule has 6 unspecified atom stereocenters. The number of rotatable bonds is 3. The number of phenolic OH excluding ortho intramolecular Hbond substituents is 3. The number of phenols is 3. The molecule has 0 spiro atoms. The van der Waals surface area contributed by atoms with Crippen molar-refractivity contribution in [2.75, 3.05) is 6.61 Å². The number of aliphatic hydroxyl groups excluding tert-OH is 1. The van der Waals surface area contributed by atoms with Gasteiger partial charge in [0.25, 0.3) is 0 Å². The summed E-state index contributed by atoms with van der Waals surface area (Å²) in [5.74, 6) is -3.05. The molecule has 36 heavy (non-hydrogen) atoms. The summed E-state index contributed by atoms with van der Waals surface area (Å²) in [6.45, 7) is 3.48. The maximum absolute atomic E-state index is 13.4. The van der Waals surface area contributed by atoms with Gasteiger partial charge in [-0.1, -0.05) is 19.1 Å². The fraction of sp³-hybridized carbons (Fsp3) is 0.462. The number of carbonyl (C=O) groups excluding carboxylic acids is 2. The average Bonchev–Trinajstić information content (AvgIpc) is 2.84. The van der Waals surface area contributed by atoms with E-state index in [2.05, 4.69) is 0 Å². The number of ketones is 2. The number of benzene rings is 2. The molecule has 1 saturated heterocycles. The summed E-state index contributed by atoms with van der Waals surface area (Å²) in [7, 11) is 0. The second-order valence-electron chi connectivity index (χ2n) is 9.93. The van der Waals surface area contributed by atoms with Gasteiger partial charge >= 0.3 is 0 Å². The summed E-state index contributed by atoms with van der Waals surface area (Å²) in [4.78, 5) is 26.7. The zero-order valence-corrected chi connectivity index (χ0v) is 19.9. The van der Waals surface area contributed by atoms with Crippen LogP contribution >= 0.6 is 0 Å². The van der Waals surface area contributed by atoms with Gasteiger partial charge in [-0.05, 0) is 19.4 Å². The fourth-order valence-corrected chi connectivity index (χ4v) is 5.55. The molecule has 6 atom stereocenters. The molecule has 0 aromatic heterocycles. The minimum Gasteiger partial charge on any atom is -0.507 e. The monoisotopic (exact) mass is 499 g/mol. The smallest absolute Gasteiger partial charge is 0.202 e. The zero-order valence-electron chi connectivity index (χ0n) is 19.9. The third-order valence-corrected chi connectivity index (χ3v) is 7.78. The van der Waals surface area contributed by atoms with Gasteiger partial charge in [0.1, 0.15) is 17.2 Å². The van der Waals surface area contributed by atoms with Crippen molar-refractivity contribution in [2.45, 2.75) is 69.2 Å². The van der Waals surface area contributed by atoms with E-state index in [0.29, 0.717) is 0 Å². The first-order chi connectivity index (χ1) is 17.0. The highest BCUT2D eigenvalue weighted by Crippen LogP contribution is 2.52. The SMILES string of the molecule is CCC1(O)Cc2c(O)c3c(c(O)c2C(OC2COC(C)C(O)C2N)C1)C(=O)c1c(O)cccc1C3=O. The number of hydrogen-bond acceptors (Lipinski definition) is 10. The molecule has 2 aromatic carbocycles. The lowest BCUT2D eigenvalue weighted by Gasteiger charge is -2.43. The van der Waals surface area contributed by atoms with E-state index in [1.165, 1.54) is 18.2 Å². The number of hydrogen-bond donors (Lipinski definition) is 6. The van der Waals surface area contributed by atoms with Crippen LogP contribution in [-0.2, 0) is 15.9 Å². The standard InChI is InChI=1S/C26H29NO9/c1-3-26(34)7-12-17(14(8-26)36-15-9-35-10(2)21(29)20(15)27)25(33)19-18(23(12)31)22(30)11-5-4-6-13(28)16(11)24(19)32/h4-6,10,14-15,20-21,28-29,31,33-34H,3,7-9,27H2,1-2H3. The lowest BCUT2D eigenvalue weighted by molar-refractivity contribution is -0.173. The van der Waals surface area contributed by atoms with Crippen LogP contribution < -0.4 is 5.73 Å². The van der Waals surface area contributed by atoms with E-state index in [9.17, 15) is 35.1 Å². The molecule has 0 amide bonds. The van der Waals surface area contributed by atoms with Crippen LogP contribution in [0.2, 0.25) is 0 Å². The van der Waals surface area contributed by atoms with Gasteiger partial charge in [-0.3, -0.25) is 9.59 Å². The van der Waals surface area contributed by atoms with Crippen LogP contribution in [0.15, 0.2) is 18.2 Å². The topological polar surface area (TPSA) is 180 Å². The highest BCUT2D eigenvalue weighted by Gasteiger charge is 2.47. The van der Waals surface area contributed by atoms with E-state index in [4.69, 9.17) is 15.2 Å². The van der Waals surface area contributed by atoms with Crippen molar-refractivity contribution in [1.29, 1.82) is 0 Å². The van der Waals surface area contributed by atoms with Crippen LogP contribution in [0, 0.1) is 0 Å². The van der Waals surface area contributed by atoms with Crippen LogP contribution in [0.25, 0.3) is 0 Å². The number of ether oxygens (including phenoxy) is 2. The quantitative estimate of drug-likeness (QED) is 0.287. The van der Waals surface area contributed by atoms with Gasteiger partial charge in [0.2, 0.25) is 5.78 Å². The molecule has 0 bridgehead atoms. The number of nitrogens with two attached hydrogens (primary N) is 1. The van der Waals surface area contributed by atoms with Crippen molar-refractivity contribution in [2.24, 2.45) is 5.73 Å². The summed E-state index contributed by atoms with van der Waals surface area (Å²) in [6, 6.07) is 3.20. The van der Waals surface area contributed by atoms with Crippen molar-refractivity contribution in [3.8, 4) is 17.2 Å². The maximum atomic E-state index is 13.4. The first-order valence-corrected chi connectivity index (χ1v) is 11.9. The lowest BCUT2D eigenvalue weighted by Crippen LogP contribution is -2.58. The Hall–Kier alpha value is -3.02. The molecule has 7 N–H and O–H groups in total. The predicted molar refractivity (Wildman–Crippen MR) is 125 cm³/mol. The molecule has 0 saturated carbocycles. The molecule has 1 aliphatic heterocycles. The number of fused-ring (bicyclic) bond motifs is 3. The molecule has 2 aromatic rings. The Morgan fingerprint density at radius 1 is 1.11 bits per heavy atom. The van der Waals surface area contributed by atoms with Gasteiger partial charge in [-0.15, -0.1) is 0 Å². The third kappa shape index (κ3) is 3.52. The van der Waals surface area contributed by atoms with E-state index in [1.807, 2.05) is 0 Å². The van der Waals surface area contributed by atoms with E-state index >= 15 is 0 Å². The molecule has 1 fully saturated rings. The summed E-state index contributed by atoms with van der Waals surface area (Å²) in [6.07, 6.45) is -3.18. The van der Waals surface area contributed by atoms with Gasteiger partial charge in [0, 0.05) is 29.5 Å². The third-order valence-electron chi connectivity index (χ3n) is 7.78. The minimum absolute atomic E-state index is 0.00112. The van der Waals surface area contributed by atoms with Gasteiger partial charge in [-0.25, -0.2) is 0 Å². The molecule has 10 heteroatoms. The van der Waals surface area contributed by atoms with Crippen molar-refractivity contribution < 1.29 is 44.6 Å². The van der Waals surface area contributed by atoms with Crippen molar-refractivity contribution in [3.63, 3.8) is 0 Å². The van der Waals surface area contributed by atoms with E-state index < -0.39 is 70.4 Å². The van der Waals surface area contributed by atoms with Gasteiger partial charge in [0.15, 0.2) is 5.78 Å². The maximum Gasteiger partial charge on any atom is 0.202 e. The normalized spacial score (nSPS) is 31.5. The summed E-state index contributed by atoms with van der Waals surface area (Å²) in [5.41, 5.74) is 3.82. The van der Waals surface area contributed by atoms with Crippen LogP contribution in [0.5, 0.6) is 17.2 Å². The first-order valence-electron chi connectivity index (χ1n) is 11.9. The Kier molecular flexibility index (Phi) is 5.85. The molecular weight excluding hydrogens is 470 g/mol. The molecule has 192 valence electrons.